The Kier molecular flexibility index (Phi) is 2.97. The first-order chi connectivity index (χ1) is 7.58. The zero-order valence-electron chi connectivity index (χ0n) is 10.4. The maximum Gasteiger partial charge on any atom is 0.106 e. The topological polar surface area (TPSA) is 29.9 Å². The maximum atomic E-state index is 4.54. The van der Waals surface area contributed by atoms with Gasteiger partial charge in [0, 0.05) is 19.6 Å². The van der Waals surface area contributed by atoms with Crippen LogP contribution in [0, 0.1) is 6.92 Å². The lowest BCUT2D eigenvalue weighted by atomic mass is 10.2. The monoisotopic (exact) mass is 217 g/mol. The van der Waals surface area contributed by atoms with Gasteiger partial charge in [0.15, 0.2) is 0 Å². The average Bonchev–Trinajstić information content (AvgIpc) is 2.52. The molecule has 1 aromatic heterocycles. The van der Waals surface area contributed by atoms with E-state index < -0.39 is 0 Å². The van der Waals surface area contributed by atoms with Gasteiger partial charge in [0.2, 0.25) is 0 Å². The van der Waals surface area contributed by atoms with E-state index in [2.05, 4.69) is 54.0 Å². The minimum atomic E-state index is 0.515. The molecule has 0 aliphatic rings. The number of hydrogen-bond acceptors (Lipinski definition) is 2. The average molecular weight is 217 g/mol. The predicted molar refractivity (Wildman–Crippen MR) is 67.4 cm³/mol. The van der Waals surface area contributed by atoms with Crippen molar-refractivity contribution in [3.63, 3.8) is 0 Å². The summed E-state index contributed by atoms with van der Waals surface area (Å²) in [5, 5.41) is 3.41. The molecule has 0 saturated carbocycles. The Morgan fingerprint density at radius 1 is 1.38 bits per heavy atom. The quantitative estimate of drug-likeness (QED) is 0.855. The van der Waals surface area contributed by atoms with E-state index in [0.717, 1.165) is 17.9 Å². The van der Waals surface area contributed by atoms with Crippen molar-refractivity contribution in [1.82, 2.24) is 14.9 Å². The number of benzene rings is 1. The highest BCUT2D eigenvalue weighted by atomic mass is 15.0. The largest absolute Gasteiger partial charge is 0.331 e. The molecule has 0 radical (unpaired) electrons. The third-order valence-electron chi connectivity index (χ3n) is 2.88. The third-order valence-corrected chi connectivity index (χ3v) is 2.88. The molecular weight excluding hydrogens is 198 g/mol. The van der Waals surface area contributed by atoms with Crippen molar-refractivity contribution in [3.8, 4) is 0 Å². The van der Waals surface area contributed by atoms with E-state index in [-0.39, 0.29) is 0 Å². The molecule has 2 aromatic rings. The molecule has 0 saturated heterocycles. The summed E-state index contributed by atoms with van der Waals surface area (Å²) in [4.78, 5) is 4.54. The van der Waals surface area contributed by atoms with Crippen LogP contribution in [-0.4, -0.2) is 15.6 Å². The molecule has 0 unspecified atom stereocenters. The molecule has 1 N–H and O–H groups in total. The number of aryl methyl sites for hydroxylation is 2. The van der Waals surface area contributed by atoms with Crippen LogP contribution in [0.1, 0.15) is 25.2 Å². The highest BCUT2D eigenvalue weighted by Gasteiger charge is 2.04. The minimum Gasteiger partial charge on any atom is -0.331 e. The van der Waals surface area contributed by atoms with Crippen LogP contribution in [0.2, 0.25) is 0 Å². The Hall–Kier alpha value is -1.35. The van der Waals surface area contributed by atoms with Crippen molar-refractivity contribution in [3.05, 3.63) is 29.6 Å². The number of hydrogen-bond donors (Lipinski definition) is 1. The SMILES string of the molecule is Cc1nc2cc(CNC(C)C)ccc2n1C. The number of nitrogens with zero attached hydrogens (tertiary/aromatic N) is 2. The summed E-state index contributed by atoms with van der Waals surface area (Å²) in [6, 6.07) is 6.99. The molecule has 0 spiro atoms. The van der Waals surface area contributed by atoms with Gasteiger partial charge in [0.1, 0.15) is 5.82 Å². The van der Waals surface area contributed by atoms with Gasteiger partial charge in [-0.2, -0.15) is 0 Å². The van der Waals surface area contributed by atoms with E-state index in [4.69, 9.17) is 0 Å². The fourth-order valence-electron chi connectivity index (χ4n) is 1.80. The van der Waals surface area contributed by atoms with Crippen LogP contribution in [0.4, 0.5) is 0 Å². The molecule has 0 atom stereocenters. The van der Waals surface area contributed by atoms with E-state index in [0.29, 0.717) is 6.04 Å². The first-order valence-electron chi connectivity index (χ1n) is 5.73. The zero-order valence-corrected chi connectivity index (χ0v) is 10.4. The van der Waals surface area contributed by atoms with E-state index in [1.54, 1.807) is 0 Å². The summed E-state index contributed by atoms with van der Waals surface area (Å²) in [5.74, 6) is 1.06. The molecule has 2 rings (SSSR count). The number of aromatic nitrogens is 2. The molecule has 1 heterocycles. The summed E-state index contributed by atoms with van der Waals surface area (Å²) in [6.45, 7) is 7.25. The molecule has 16 heavy (non-hydrogen) atoms. The predicted octanol–water partition coefficient (Wildman–Crippen LogP) is 2.38. The van der Waals surface area contributed by atoms with Crippen molar-refractivity contribution in [2.45, 2.75) is 33.4 Å². The lowest BCUT2D eigenvalue weighted by Gasteiger charge is -2.07. The van der Waals surface area contributed by atoms with Gasteiger partial charge in [-0.3, -0.25) is 0 Å². The molecule has 0 fully saturated rings. The molecule has 0 aliphatic heterocycles. The Bertz CT molecular complexity index is 497. The molecule has 0 bridgehead atoms. The zero-order chi connectivity index (χ0) is 11.7. The smallest absolute Gasteiger partial charge is 0.106 e. The normalized spacial score (nSPS) is 11.6. The Morgan fingerprint density at radius 2 is 2.12 bits per heavy atom. The van der Waals surface area contributed by atoms with Gasteiger partial charge in [-0.1, -0.05) is 19.9 Å². The second-order valence-corrected chi connectivity index (χ2v) is 4.58. The van der Waals surface area contributed by atoms with Crippen molar-refractivity contribution in [2.75, 3.05) is 0 Å². The van der Waals surface area contributed by atoms with Gasteiger partial charge in [-0.05, 0) is 24.6 Å². The van der Waals surface area contributed by atoms with Gasteiger partial charge in [-0.15, -0.1) is 0 Å². The van der Waals surface area contributed by atoms with Crippen molar-refractivity contribution in [1.29, 1.82) is 0 Å². The third kappa shape index (κ3) is 2.09. The number of fused-ring (bicyclic) bond motifs is 1. The van der Waals surface area contributed by atoms with E-state index in [9.17, 15) is 0 Å². The van der Waals surface area contributed by atoms with E-state index in [1.807, 2.05) is 6.92 Å². The molecule has 1 aromatic carbocycles. The number of nitrogens with one attached hydrogen (secondary N) is 1. The van der Waals surface area contributed by atoms with Crippen LogP contribution in [0.15, 0.2) is 18.2 Å². The van der Waals surface area contributed by atoms with Gasteiger partial charge < -0.3 is 9.88 Å². The fourth-order valence-corrected chi connectivity index (χ4v) is 1.80. The lowest BCUT2D eigenvalue weighted by molar-refractivity contribution is 0.589. The molecular formula is C13H19N3. The second-order valence-electron chi connectivity index (χ2n) is 4.58. The molecule has 3 heteroatoms. The highest BCUT2D eigenvalue weighted by Crippen LogP contribution is 2.16. The summed E-state index contributed by atoms with van der Waals surface area (Å²) < 4.78 is 2.12. The summed E-state index contributed by atoms with van der Waals surface area (Å²) in [5.41, 5.74) is 3.58. The van der Waals surface area contributed by atoms with Crippen molar-refractivity contribution < 1.29 is 0 Å². The van der Waals surface area contributed by atoms with Crippen molar-refractivity contribution in [2.24, 2.45) is 7.05 Å². The first-order valence-corrected chi connectivity index (χ1v) is 5.73. The van der Waals surface area contributed by atoms with Crippen LogP contribution in [0.3, 0.4) is 0 Å². The summed E-state index contributed by atoms with van der Waals surface area (Å²) in [7, 11) is 2.05. The molecule has 0 aliphatic carbocycles. The van der Waals surface area contributed by atoms with Gasteiger partial charge in [0.05, 0.1) is 11.0 Å². The Balaban J connectivity index is 2.30. The van der Waals surface area contributed by atoms with Gasteiger partial charge >= 0.3 is 0 Å². The van der Waals surface area contributed by atoms with Gasteiger partial charge in [-0.25, -0.2) is 4.98 Å². The number of rotatable bonds is 3. The number of imidazole rings is 1. The summed E-state index contributed by atoms with van der Waals surface area (Å²) in [6.07, 6.45) is 0. The van der Waals surface area contributed by atoms with Crippen LogP contribution >= 0.6 is 0 Å². The first kappa shape index (κ1) is 11.1. The van der Waals surface area contributed by atoms with Gasteiger partial charge in [0.25, 0.3) is 0 Å². The summed E-state index contributed by atoms with van der Waals surface area (Å²) >= 11 is 0. The molecule has 0 amide bonds. The van der Waals surface area contributed by atoms with Crippen molar-refractivity contribution >= 4 is 11.0 Å². The van der Waals surface area contributed by atoms with Crippen LogP contribution in [-0.2, 0) is 13.6 Å². The van der Waals surface area contributed by atoms with E-state index in [1.165, 1.54) is 11.1 Å². The Labute approximate surface area is 96.5 Å². The van der Waals surface area contributed by atoms with Crippen LogP contribution in [0.5, 0.6) is 0 Å². The lowest BCUT2D eigenvalue weighted by Crippen LogP contribution is -2.21. The van der Waals surface area contributed by atoms with E-state index >= 15 is 0 Å². The standard InChI is InChI=1S/C13H19N3/c1-9(2)14-8-11-5-6-13-12(7-11)15-10(3)16(13)4/h5-7,9,14H,8H2,1-4H3. The molecule has 86 valence electrons. The highest BCUT2D eigenvalue weighted by molar-refractivity contribution is 5.76. The van der Waals surface area contributed by atoms with Crippen LogP contribution in [0.25, 0.3) is 11.0 Å². The minimum absolute atomic E-state index is 0.515. The van der Waals surface area contributed by atoms with Crippen LogP contribution < -0.4 is 5.32 Å². The maximum absolute atomic E-state index is 4.54. The fraction of sp³-hybridized carbons (Fsp3) is 0.462. The molecule has 3 nitrogen and oxygen atoms in total. The Morgan fingerprint density at radius 3 is 2.81 bits per heavy atom. The second kappa shape index (κ2) is 4.26.